The maximum Gasteiger partial charge on any atom is 0.303 e. The minimum absolute atomic E-state index is 0.234. The summed E-state index contributed by atoms with van der Waals surface area (Å²) in [6.07, 6.45) is -1.77. The van der Waals surface area contributed by atoms with Crippen LogP contribution in [0.1, 0.15) is 35.9 Å². The van der Waals surface area contributed by atoms with Crippen molar-refractivity contribution in [3.05, 3.63) is 47.5 Å². The number of rotatable bonds is 5. The number of carbonyl (C=O) groups excluding carboxylic acids is 3. The van der Waals surface area contributed by atoms with Gasteiger partial charge in [-0.2, -0.15) is 0 Å². The summed E-state index contributed by atoms with van der Waals surface area (Å²) in [5.41, 5.74) is 0.681. The smallest absolute Gasteiger partial charge is 0.303 e. The Labute approximate surface area is 165 Å². The molecule has 1 heterocycles. The van der Waals surface area contributed by atoms with E-state index in [-0.39, 0.29) is 28.7 Å². The Kier molecular flexibility index (Phi) is 5.58. The highest BCUT2D eigenvalue weighted by Gasteiger charge is 2.34. The SMILES string of the molecule is CC(=O)N[C@H]1Oc2ccc(C(=O)COC(C)=O)cc2O[C@@H]1c1ccc(O)c(O)c1. The molecule has 1 aliphatic rings. The van der Waals surface area contributed by atoms with Crippen LogP contribution in [0.5, 0.6) is 23.0 Å². The third kappa shape index (κ3) is 4.57. The topological polar surface area (TPSA) is 131 Å². The molecule has 0 unspecified atom stereocenters. The van der Waals surface area contributed by atoms with Gasteiger partial charge in [-0.15, -0.1) is 0 Å². The summed E-state index contributed by atoms with van der Waals surface area (Å²) in [7, 11) is 0. The molecule has 2 atom stereocenters. The van der Waals surface area contributed by atoms with Crippen molar-refractivity contribution in [1.29, 1.82) is 0 Å². The van der Waals surface area contributed by atoms with Crippen LogP contribution in [-0.4, -0.2) is 40.7 Å². The molecule has 1 aliphatic heterocycles. The Morgan fingerprint density at radius 2 is 1.76 bits per heavy atom. The Morgan fingerprint density at radius 1 is 1.00 bits per heavy atom. The lowest BCUT2D eigenvalue weighted by Crippen LogP contribution is -2.46. The van der Waals surface area contributed by atoms with Gasteiger partial charge in [-0.05, 0) is 30.3 Å². The van der Waals surface area contributed by atoms with Gasteiger partial charge in [0.1, 0.15) is 0 Å². The maximum absolute atomic E-state index is 12.2. The third-order valence-electron chi connectivity index (χ3n) is 4.13. The van der Waals surface area contributed by atoms with Gasteiger partial charge in [-0.1, -0.05) is 6.07 Å². The van der Waals surface area contributed by atoms with Gasteiger partial charge in [-0.25, -0.2) is 0 Å². The number of ether oxygens (including phenoxy) is 3. The number of fused-ring (bicyclic) bond motifs is 1. The van der Waals surface area contributed by atoms with Crippen molar-refractivity contribution in [3.8, 4) is 23.0 Å². The first-order valence-corrected chi connectivity index (χ1v) is 8.67. The van der Waals surface area contributed by atoms with Crippen LogP contribution in [0.4, 0.5) is 0 Å². The van der Waals surface area contributed by atoms with Gasteiger partial charge in [0.15, 0.2) is 41.5 Å². The summed E-state index contributed by atoms with van der Waals surface area (Å²) >= 11 is 0. The van der Waals surface area contributed by atoms with E-state index in [1.54, 1.807) is 0 Å². The van der Waals surface area contributed by atoms with Gasteiger partial charge in [0.25, 0.3) is 0 Å². The lowest BCUT2D eigenvalue weighted by molar-refractivity contribution is -0.139. The van der Waals surface area contributed by atoms with Crippen molar-refractivity contribution in [3.63, 3.8) is 0 Å². The number of nitrogens with one attached hydrogen (secondary N) is 1. The number of hydrogen-bond donors (Lipinski definition) is 3. The van der Waals surface area contributed by atoms with E-state index in [1.165, 1.54) is 50.2 Å². The van der Waals surface area contributed by atoms with Crippen molar-refractivity contribution in [2.45, 2.75) is 26.2 Å². The Bertz CT molecular complexity index is 971. The van der Waals surface area contributed by atoms with Crippen LogP contribution >= 0.6 is 0 Å². The monoisotopic (exact) mass is 401 g/mol. The molecule has 0 saturated heterocycles. The number of benzene rings is 2. The normalized spacial score (nSPS) is 17.3. The molecular formula is C20H19NO8. The molecule has 0 aliphatic carbocycles. The predicted molar refractivity (Wildman–Crippen MR) is 98.8 cm³/mol. The molecular weight excluding hydrogens is 382 g/mol. The minimum atomic E-state index is -0.911. The average molecular weight is 401 g/mol. The van der Waals surface area contributed by atoms with Crippen LogP contribution in [-0.2, 0) is 14.3 Å². The molecule has 2 aromatic carbocycles. The van der Waals surface area contributed by atoms with Crippen LogP contribution in [0, 0.1) is 0 Å². The largest absolute Gasteiger partial charge is 0.504 e. The van der Waals surface area contributed by atoms with E-state index in [9.17, 15) is 24.6 Å². The Hall–Kier alpha value is -3.75. The average Bonchev–Trinajstić information content (AvgIpc) is 2.67. The van der Waals surface area contributed by atoms with Gasteiger partial charge in [-0.3, -0.25) is 14.4 Å². The fraction of sp³-hybridized carbons (Fsp3) is 0.250. The number of amides is 1. The van der Waals surface area contributed by atoms with Crippen molar-refractivity contribution < 1.29 is 38.8 Å². The molecule has 2 aromatic rings. The summed E-state index contributed by atoms with van der Waals surface area (Å²) in [5.74, 6) is -1.48. The van der Waals surface area contributed by atoms with Crippen LogP contribution in [0.25, 0.3) is 0 Å². The molecule has 0 saturated carbocycles. The van der Waals surface area contributed by atoms with Gasteiger partial charge in [0, 0.05) is 25.0 Å². The zero-order chi connectivity index (χ0) is 21.1. The highest BCUT2D eigenvalue weighted by Crippen LogP contribution is 2.41. The lowest BCUT2D eigenvalue weighted by Gasteiger charge is -2.34. The predicted octanol–water partition coefficient (Wildman–Crippen LogP) is 1.82. The van der Waals surface area contributed by atoms with Gasteiger partial charge >= 0.3 is 5.97 Å². The second-order valence-electron chi connectivity index (χ2n) is 6.39. The summed E-state index contributed by atoms with van der Waals surface area (Å²) < 4.78 is 16.5. The number of ketones is 1. The van der Waals surface area contributed by atoms with Crippen LogP contribution < -0.4 is 14.8 Å². The number of aromatic hydroxyl groups is 2. The van der Waals surface area contributed by atoms with Crippen molar-refractivity contribution in [2.24, 2.45) is 0 Å². The van der Waals surface area contributed by atoms with Gasteiger partial charge < -0.3 is 29.7 Å². The fourth-order valence-electron chi connectivity index (χ4n) is 2.78. The number of Topliss-reactive ketones (excluding diaryl/α,β-unsaturated/α-hetero) is 1. The highest BCUT2D eigenvalue weighted by molar-refractivity contribution is 5.98. The summed E-state index contributed by atoms with van der Waals surface area (Å²) in [5, 5.41) is 21.9. The molecule has 29 heavy (non-hydrogen) atoms. The lowest BCUT2D eigenvalue weighted by atomic mass is 10.0. The number of hydrogen-bond acceptors (Lipinski definition) is 8. The third-order valence-corrected chi connectivity index (χ3v) is 4.13. The molecule has 0 aromatic heterocycles. The molecule has 0 fully saturated rings. The fourth-order valence-corrected chi connectivity index (χ4v) is 2.78. The summed E-state index contributed by atoms with van der Waals surface area (Å²) in [6, 6.07) is 8.53. The summed E-state index contributed by atoms with van der Waals surface area (Å²) in [4.78, 5) is 34.7. The van der Waals surface area contributed by atoms with Crippen LogP contribution in [0.2, 0.25) is 0 Å². The highest BCUT2D eigenvalue weighted by atomic mass is 16.6. The molecule has 0 radical (unpaired) electrons. The zero-order valence-electron chi connectivity index (χ0n) is 15.7. The number of carbonyl (C=O) groups is 3. The second kappa shape index (κ2) is 8.09. The first-order chi connectivity index (χ1) is 13.7. The Balaban J connectivity index is 1.92. The van der Waals surface area contributed by atoms with Crippen LogP contribution in [0.3, 0.4) is 0 Å². The number of esters is 1. The maximum atomic E-state index is 12.2. The molecule has 9 nitrogen and oxygen atoms in total. The van der Waals surface area contributed by atoms with E-state index >= 15 is 0 Å². The van der Waals surface area contributed by atoms with Crippen LogP contribution in [0.15, 0.2) is 36.4 Å². The molecule has 0 spiro atoms. The van der Waals surface area contributed by atoms with E-state index in [2.05, 4.69) is 5.32 Å². The number of phenolic OH excluding ortho intramolecular Hbond substituents is 2. The number of phenols is 2. The van der Waals surface area contributed by atoms with Gasteiger partial charge in [0.05, 0.1) is 0 Å². The molecule has 3 rings (SSSR count). The van der Waals surface area contributed by atoms with E-state index in [1.807, 2.05) is 0 Å². The van der Waals surface area contributed by atoms with Crippen molar-refractivity contribution >= 4 is 17.7 Å². The van der Waals surface area contributed by atoms with E-state index in [0.717, 1.165) is 0 Å². The minimum Gasteiger partial charge on any atom is -0.504 e. The molecule has 3 N–H and O–H groups in total. The standard InChI is InChI=1S/C20H19NO8/c1-10(22)21-20-19(13-3-5-14(24)15(25)7-13)28-18-8-12(4-6-17(18)29-20)16(26)9-27-11(2)23/h3-8,19-20,24-25H,9H2,1-2H3,(H,21,22)/t19-,20+/m1/s1. The van der Waals surface area contributed by atoms with E-state index < -0.39 is 30.7 Å². The summed E-state index contributed by atoms with van der Waals surface area (Å²) in [6.45, 7) is 2.12. The Morgan fingerprint density at radius 3 is 2.41 bits per heavy atom. The van der Waals surface area contributed by atoms with Crippen molar-refractivity contribution in [2.75, 3.05) is 6.61 Å². The van der Waals surface area contributed by atoms with Gasteiger partial charge in [0.2, 0.25) is 12.1 Å². The molecule has 1 amide bonds. The molecule has 9 heteroatoms. The second-order valence-corrected chi connectivity index (χ2v) is 6.39. The van der Waals surface area contributed by atoms with E-state index in [4.69, 9.17) is 14.2 Å². The van der Waals surface area contributed by atoms with Crippen molar-refractivity contribution in [1.82, 2.24) is 5.32 Å². The molecule has 152 valence electrons. The quantitative estimate of drug-likeness (QED) is 0.393. The first kappa shape index (κ1) is 20.0. The zero-order valence-corrected chi connectivity index (χ0v) is 15.7. The van der Waals surface area contributed by atoms with E-state index in [0.29, 0.717) is 11.3 Å². The first-order valence-electron chi connectivity index (χ1n) is 8.67. The molecule has 0 bridgehead atoms.